The Morgan fingerprint density at radius 1 is 0.931 bits per heavy atom. The lowest BCUT2D eigenvalue weighted by Gasteiger charge is -2.32. The van der Waals surface area contributed by atoms with Crippen molar-refractivity contribution in [1.29, 1.82) is 0 Å². The molecule has 1 aliphatic rings. The zero-order valence-corrected chi connectivity index (χ0v) is 16.4. The van der Waals surface area contributed by atoms with Crippen molar-refractivity contribution >= 4 is 17.9 Å². The molecule has 0 bridgehead atoms. The standard InChI is InChI=1S/C21H20O8/c1-25-13-9-14(26-2)17-15(10-13)29-21(24)18(20(23)28-4)16(17)11-5-7-12(8-6-11)19(22)27-3/h5-10,16,18H,1-4H3. The number of hydrogen-bond acceptors (Lipinski definition) is 8. The lowest BCUT2D eigenvalue weighted by atomic mass is 9.78. The maximum absolute atomic E-state index is 12.7. The number of carbonyl (C=O) groups is 3. The van der Waals surface area contributed by atoms with E-state index in [9.17, 15) is 14.4 Å². The summed E-state index contributed by atoms with van der Waals surface area (Å²) in [6.45, 7) is 0. The molecular weight excluding hydrogens is 380 g/mol. The lowest BCUT2D eigenvalue weighted by molar-refractivity contribution is -0.157. The number of ether oxygens (including phenoxy) is 5. The monoisotopic (exact) mass is 400 g/mol. The van der Waals surface area contributed by atoms with Gasteiger partial charge in [-0.3, -0.25) is 9.59 Å². The first-order valence-corrected chi connectivity index (χ1v) is 8.68. The summed E-state index contributed by atoms with van der Waals surface area (Å²) in [4.78, 5) is 36.9. The van der Waals surface area contributed by atoms with E-state index in [2.05, 4.69) is 0 Å². The van der Waals surface area contributed by atoms with Crippen LogP contribution in [0.15, 0.2) is 36.4 Å². The molecule has 0 aromatic heterocycles. The van der Waals surface area contributed by atoms with Crippen LogP contribution >= 0.6 is 0 Å². The third kappa shape index (κ3) is 3.61. The molecule has 0 radical (unpaired) electrons. The van der Waals surface area contributed by atoms with Gasteiger partial charge in [0.05, 0.1) is 34.0 Å². The average Bonchev–Trinajstić information content (AvgIpc) is 2.76. The molecule has 3 rings (SSSR count). The molecule has 2 unspecified atom stereocenters. The van der Waals surface area contributed by atoms with E-state index < -0.39 is 29.7 Å². The van der Waals surface area contributed by atoms with Crippen LogP contribution in [0.5, 0.6) is 17.2 Å². The lowest BCUT2D eigenvalue weighted by Crippen LogP contribution is -2.38. The first kappa shape index (κ1) is 20.2. The van der Waals surface area contributed by atoms with Crippen LogP contribution < -0.4 is 14.2 Å². The topological polar surface area (TPSA) is 97.4 Å². The van der Waals surface area contributed by atoms with Gasteiger partial charge in [-0.2, -0.15) is 0 Å². The number of esters is 3. The Hall–Kier alpha value is -3.55. The van der Waals surface area contributed by atoms with Crippen LogP contribution in [0, 0.1) is 5.92 Å². The van der Waals surface area contributed by atoms with Crippen LogP contribution in [-0.4, -0.2) is 46.3 Å². The fourth-order valence-electron chi connectivity index (χ4n) is 3.39. The molecule has 0 N–H and O–H groups in total. The van der Waals surface area contributed by atoms with Crippen molar-refractivity contribution in [2.75, 3.05) is 28.4 Å². The highest BCUT2D eigenvalue weighted by Crippen LogP contribution is 2.48. The highest BCUT2D eigenvalue weighted by Gasteiger charge is 2.46. The summed E-state index contributed by atoms with van der Waals surface area (Å²) >= 11 is 0. The van der Waals surface area contributed by atoms with Crippen LogP contribution in [-0.2, 0) is 19.1 Å². The summed E-state index contributed by atoms with van der Waals surface area (Å²) < 4.78 is 25.7. The van der Waals surface area contributed by atoms with E-state index in [0.717, 1.165) is 0 Å². The van der Waals surface area contributed by atoms with Gasteiger partial charge in [0.2, 0.25) is 0 Å². The predicted molar refractivity (Wildman–Crippen MR) is 100 cm³/mol. The average molecular weight is 400 g/mol. The number of carbonyl (C=O) groups excluding carboxylic acids is 3. The molecule has 29 heavy (non-hydrogen) atoms. The van der Waals surface area contributed by atoms with Gasteiger partial charge >= 0.3 is 17.9 Å². The van der Waals surface area contributed by atoms with Gasteiger partial charge in [-0.1, -0.05) is 12.1 Å². The van der Waals surface area contributed by atoms with Gasteiger partial charge in [-0.15, -0.1) is 0 Å². The van der Waals surface area contributed by atoms with Gasteiger partial charge in [0.1, 0.15) is 17.2 Å². The van der Waals surface area contributed by atoms with E-state index in [-0.39, 0.29) is 5.75 Å². The van der Waals surface area contributed by atoms with E-state index in [1.54, 1.807) is 36.4 Å². The molecule has 0 saturated carbocycles. The van der Waals surface area contributed by atoms with Crippen molar-refractivity contribution in [2.24, 2.45) is 5.92 Å². The molecular formula is C21H20O8. The highest BCUT2D eigenvalue weighted by atomic mass is 16.6. The Labute approximate surface area is 167 Å². The smallest absolute Gasteiger partial charge is 0.337 e. The minimum absolute atomic E-state index is 0.230. The Morgan fingerprint density at radius 2 is 1.62 bits per heavy atom. The van der Waals surface area contributed by atoms with Crippen molar-refractivity contribution < 1.29 is 38.1 Å². The third-order valence-electron chi connectivity index (χ3n) is 4.79. The molecule has 2 aromatic carbocycles. The minimum atomic E-state index is -1.24. The van der Waals surface area contributed by atoms with Crippen LogP contribution in [0.1, 0.15) is 27.4 Å². The minimum Gasteiger partial charge on any atom is -0.496 e. The summed E-state index contributed by atoms with van der Waals surface area (Å²) in [5.41, 5.74) is 1.45. The van der Waals surface area contributed by atoms with E-state index in [1.807, 2.05) is 0 Å². The molecule has 152 valence electrons. The third-order valence-corrected chi connectivity index (χ3v) is 4.79. The summed E-state index contributed by atoms with van der Waals surface area (Å²) in [5.74, 6) is -2.90. The first-order valence-electron chi connectivity index (χ1n) is 8.68. The van der Waals surface area contributed by atoms with Crippen molar-refractivity contribution in [1.82, 2.24) is 0 Å². The normalized spacial score (nSPS) is 17.6. The first-order chi connectivity index (χ1) is 13.9. The van der Waals surface area contributed by atoms with Gasteiger partial charge in [0.25, 0.3) is 0 Å². The SMILES string of the molecule is COC(=O)c1ccc(C2c3c(OC)cc(OC)cc3OC(=O)C2C(=O)OC)cc1. The number of rotatable bonds is 5. The fourth-order valence-corrected chi connectivity index (χ4v) is 3.39. The molecule has 8 heteroatoms. The van der Waals surface area contributed by atoms with Crippen LogP contribution in [0.2, 0.25) is 0 Å². The Balaban J connectivity index is 2.21. The summed E-state index contributed by atoms with van der Waals surface area (Å²) in [7, 11) is 5.44. The quantitative estimate of drug-likeness (QED) is 0.429. The van der Waals surface area contributed by atoms with Crippen LogP contribution in [0.4, 0.5) is 0 Å². The Kier molecular flexibility index (Phi) is 5.72. The second kappa shape index (κ2) is 8.22. The van der Waals surface area contributed by atoms with E-state index in [1.165, 1.54) is 28.4 Å². The maximum atomic E-state index is 12.7. The zero-order chi connectivity index (χ0) is 21.1. The van der Waals surface area contributed by atoms with E-state index in [0.29, 0.717) is 28.2 Å². The maximum Gasteiger partial charge on any atom is 0.337 e. The highest BCUT2D eigenvalue weighted by molar-refractivity contribution is 5.99. The van der Waals surface area contributed by atoms with Gasteiger partial charge < -0.3 is 23.7 Å². The van der Waals surface area contributed by atoms with Crippen molar-refractivity contribution in [3.63, 3.8) is 0 Å². The number of benzene rings is 2. The van der Waals surface area contributed by atoms with Gasteiger partial charge in [0.15, 0.2) is 5.92 Å². The van der Waals surface area contributed by atoms with Crippen molar-refractivity contribution in [2.45, 2.75) is 5.92 Å². The molecule has 0 fully saturated rings. The molecule has 0 spiro atoms. The zero-order valence-electron chi connectivity index (χ0n) is 16.4. The molecule has 2 atom stereocenters. The molecule has 0 saturated heterocycles. The summed E-state index contributed by atoms with van der Waals surface area (Å²) in [6.07, 6.45) is 0. The predicted octanol–water partition coefficient (Wildman–Crippen LogP) is 2.33. The van der Waals surface area contributed by atoms with Crippen LogP contribution in [0.3, 0.4) is 0 Å². The molecule has 2 aromatic rings. The molecule has 1 heterocycles. The second-order valence-corrected chi connectivity index (χ2v) is 6.25. The number of methoxy groups -OCH3 is 4. The van der Waals surface area contributed by atoms with E-state index in [4.69, 9.17) is 23.7 Å². The van der Waals surface area contributed by atoms with Gasteiger partial charge in [-0.25, -0.2) is 4.79 Å². The number of hydrogen-bond donors (Lipinski definition) is 0. The molecule has 1 aliphatic heterocycles. The Bertz CT molecular complexity index is 948. The Morgan fingerprint density at radius 3 is 2.17 bits per heavy atom. The second-order valence-electron chi connectivity index (χ2n) is 6.25. The number of fused-ring (bicyclic) bond motifs is 1. The van der Waals surface area contributed by atoms with Crippen LogP contribution in [0.25, 0.3) is 0 Å². The van der Waals surface area contributed by atoms with Gasteiger partial charge in [-0.05, 0) is 17.7 Å². The summed E-state index contributed by atoms with van der Waals surface area (Å²) in [5, 5.41) is 0. The van der Waals surface area contributed by atoms with Crippen molar-refractivity contribution in [3.05, 3.63) is 53.1 Å². The van der Waals surface area contributed by atoms with E-state index >= 15 is 0 Å². The molecule has 0 amide bonds. The molecule has 8 nitrogen and oxygen atoms in total. The summed E-state index contributed by atoms with van der Waals surface area (Å²) in [6, 6.07) is 9.62. The van der Waals surface area contributed by atoms with Crippen molar-refractivity contribution in [3.8, 4) is 17.2 Å². The largest absolute Gasteiger partial charge is 0.496 e. The van der Waals surface area contributed by atoms with Gasteiger partial charge in [0, 0.05) is 23.6 Å². The molecule has 0 aliphatic carbocycles. The fraction of sp³-hybridized carbons (Fsp3) is 0.286.